The van der Waals surface area contributed by atoms with Crippen LogP contribution in [0.5, 0.6) is 0 Å². The molecule has 0 N–H and O–H groups in total. The molecule has 4 aromatic rings. The van der Waals surface area contributed by atoms with Crippen molar-refractivity contribution in [2.24, 2.45) is 5.92 Å². The monoisotopic (exact) mass is 502 g/mol. The highest BCUT2D eigenvalue weighted by molar-refractivity contribution is 5.92. The van der Waals surface area contributed by atoms with Crippen molar-refractivity contribution >= 4 is 5.97 Å². The minimum atomic E-state index is -0.386. The number of benzene rings is 1. The van der Waals surface area contributed by atoms with Gasteiger partial charge in [0.1, 0.15) is 17.7 Å². The van der Waals surface area contributed by atoms with Crippen LogP contribution < -0.4 is 0 Å². The zero-order chi connectivity index (χ0) is 26.1. The molecule has 1 aliphatic carbocycles. The Labute approximate surface area is 215 Å². The van der Waals surface area contributed by atoms with Crippen LogP contribution in [0.4, 0.5) is 4.39 Å². The van der Waals surface area contributed by atoms with E-state index in [0.717, 1.165) is 41.2 Å². The van der Waals surface area contributed by atoms with E-state index in [4.69, 9.17) is 9.84 Å². The molecule has 0 unspecified atom stereocenters. The Balaban J connectivity index is 1.52. The van der Waals surface area contributed by atoms with E-state index in [-0.39, 0.29) is 11.8 Å². The minimum Gasteiger partial charge on any atom is -0.462 e. The average Bonchev–Trinajstić information content (AvgIpc) is 3.57. The number of ether oxygens (including phenoxy) is 1. The average molecular weight is 503 g/mol. The number of hydrogen-bond acceptors (Lipinski definition) is 6. The summed E-state index contributed by atoms with van der Waals surface area (Å²) in [5.41, 5.74) is 6.61. The van der Waals surface area contributed by atoms with Gasteiger partial charge in [0.2, 0.25) is 0 Å². The number of nitrogens with zero attached hydrogens (tertiary/aromatic N) is 6. The number of esters is 1. The molecule has 0 radical (unpaired) electrons. The molecule has 1 aliphatic rings. The zero-order valence-electron chi connectivity index (χ0n) is 21.7. The Bertz CT molecular complexity index is 1440. The van der Waals surface area contributed by atoms with Gasteiger partial charge >= 0.3 is 5.97 Å². The molecule has 3 aromatic heterocycles. The first kappa shape index (κ1) is 24.8. The van der Waals surface area contributed by atoms with Crippen molar-refractivity contribution in [1.82, 2.24) is 29.5 Å². The van der Waals surface area contributed by atoms with Gasteiger partial charge in [-0.2, -0.15) is 10.2 Å². The summed E-state index contributed by atoms with van der Waals surface area (Å²) < 4.78 is 22.6. The minimum absolute atomic E-state index is 0.261. The zero-order valence-corrected chi connectivity index (χ0v) is 21.7. The highest BCUT2D eigenvalue weighted by Crippen LogP contribution is 2.34. The Hall–Kier alpha value is -3.88. The molecule has 5 rings (SSSR count). The molecule has 0 amide bonds. The lowest BCUT2D eigenvalue weighted by Crippen LogP contribution is -2.11. The molecule has 3 heterocycles. The third-order valence-corrected chi connectivity index (χ3v) is 6.81. The summed E-state index contributed by atoms with van der Waals surface area (Å²) in [6.07, 6.45) is 5.32. The maximum atomic E-state index is 13.6. The molecule has 0 bridgehead atoms. The molecule has 0 saturated heterocycles. The highest BCUT2D eigenvalue weighted by Gasteiger charge is 2.27. The number of aryl methyl sites for hydroxylation is 1. The molecule has 1 fully saturated rings. The van der Waals surface area contributed by atoms with Gasteiger partial charge < -0.3 is 4.74 Å². The molecule has 37 heavy (non-hydrogen) atoms. The summed E-state index contributed by atoms with van der Waals surface area (Å²) in [5, 5.41) is 9.54. The van der Waals surface area contributed by atoms with Gasteiger partial charge in [-0.3, -0.25) is 4.68 Å². The van der Waals surface area contributed by atoms with Crippen molar-refractivity contribution in [3.63, 3.8) is 0 Å². The molecular weight excluding hydrogens is 471 g/mol. The van der Waals surface area contributed by atoms with E-state index in [0.29, 0.717) is 41.7 Å². The van der Waals surface area contributed by atoms with Gasteiger partial charge in [-0.25, -0.2) is 23.8 Å². The number of hydrogen-bond donors (Lipinski definition) is 0. The summed E-state index contributed by atoms with van der Waals surface area (Å²) in [6.45, 7) is 8.69. The van der Waals surface area contributed by atoms with Gasteiger partial charge in [-0.15, -0.1) is 0 Å². The van der Waals surface area contributed by atoms with Crippen LogP contribution in [0.15, 0.2) is 36.7 Å². The fraction of sp³-hybridized carbons (Fsp3) is 0.393. The van der Waals surface area contributed by atoms with E-state index < -0.39 is 0 Å². The molecule has 9 heteroatoms. The van der Waals surface area contributed by atoms with E-state index in [2.05, 4.69) is 26.7 Å². The van der Waals surface area contributed by atoms with Crippen LogP contribution in [0.2, 0.25) is 0 Å². The molecular formula is C28H31FN6O2. The van der Waals surface area contributed by atoms with Gasteiger partial charge in [-0.05, 0) is 70.2 Å². The number of carbonyl (C=O) groups is 1. The van der Waals surface area contributed by atoms with Crippen molar-refractivity contribution in [1.29, 1.82) is 0 Å². The summed E-state index contributed by atoms with van der Waals surface area (Å²) in [7, 11) is 0. The van der Waals surface area contributed by atoms with Crippen molar-refractivity contribution in [3.05, 3.63) is 76.4 Å². The first-order valence-electron chi connectivity index (χ1n) is 12.8. The lowest BCUT2D eigenvalue weighted by atomic mass is 10.0. The van der Waals surface area contributed by atoms with Gasteiger partial charge in [0, 0.05) is 35.9 Å². The third kappa shape index (κ3) is 5.03. The van der Waals surface area contributed by atoms with Crippen molar-refractivity contribution in [3.8, 4) is 17.1 Å². The second-order valence-corrected chi connectivity index (χ2v) is 9.48. The van der Waals surface area contributed by atoms with Crippen LogP contribution in [0, 0.1) is 25.6 Å². The second-order valence-electron chi connectivity index (χ2n) is 9.48. The topological polar surface area (TPSA) is 87.7 Å². The predicted molar refractivity (Wildman–Crippen MR) is 137 cm³/mol. The van der Waals surface area contributed by atoms with Crippen LogP contribution >= 0.6 is 0 Å². The predicted octanol–water partition coefficient (Wildman–Crippen LogP) is 5.02. The Kier molecular flexibility index (Phi) is 6.86. The van der Waals surface area contributed by atoms with Crippen molar-refractivity contribution in [2.45, 2.75) is 59.9 Å². The van der Waals surface area contributed by atoms with Gasteiger partial charge in [0.25, 0.3) is 0 Å². The van der Waals surface area contributed by atoms with Crippen LogP contribution in [0.3, 0.4) is 0 Å². The standard InChI is InChI=1S/C28H31FN6O2/c1-5-23-24(34(15-19-7-8-19)33-27(23)20-9-11-21(29)12-10-20)13-22-14-25(31-16-30-22)35-18(4)26(17(3)32-35)28(36)37-6-2/h9-12,14,16,19H,5-8,13,15H2,1-4H3. The summed E-state index contributed by atoms with van der Waals surface area (Å²) in [5.74, 6) is 0.582. The number of rotatable bonds is 9. The van der Waals surface area contributed by atoms with Crippen molar-refractivity contribution < 1.29 is 13.9 Å². The fourth-order valence-electron chi connectivity index (χ4n) is 4.77. The number of halogens is 1. The summed E-state index contributed by atoms with van der Waals surface area (Å²) in [4.78, 5) is 21.4. The van der Waals surface area contributed by atoms with E-state index in [1.165, 1.54) is 31.3 Å². The van der Waals surface area contributed by atoms with E-state index >= 15 is 0 Å². The van der Waals surface area contributed by atoms with Gasteiger partial charge in [0.05, 0.1) is 29.4 Å². The number of carbonyl (C=O) groups excluding carboxylic acids is 1. The van der Waals surface area contributed by atoms with Gasteiger partial charge in [-0.1, -0.05) is 6.92 Å². The SMILES string of the molecule is CCOC(=O)c1c(C)nn(-c2cc(Cc3c(CC)c(-c4ccc(F)cc4)nn3CC3CC3)ncn2)c1C. The Morgan fingerprint density at radius 1 is 1.11 bits per heavy atom. The summed E-state index contributed by atoms with van der Waals surface area (Å²) in [6, 6.07) is 8.43. The van der Waals surface area contributed by atoms with E-state index in [1.807, 2.05) is 13.0 Å². The van der Waals surface area contributed by atoms with Crippen LogP contribution in [0.25, 0.3) is 17.1 Å². The summed E-state index contributed by atoms with van der Waals surface area (Å²) >= 11 is 0. The smallest absolute Gasteiger partial charge is 0.341 e. The third-order valence-electron chi connectivity index (χ3n) is 6.81. The Morgan fingerprint density at radius 2 is 1.86 bits per heavy atom. The largest absolute Gasteiger partial charge is 0.462 e. The first-order valence-corrected chi connectivity index (χ1v) is 12.8. The maximum Gasteiger partial charge on any atom is 0.341 e. The lowest BCUT2D eigenvalue weighted by Gasteiger charge is -2.10. The molecule has 1 saturated carbocycles. The highest BCUT2D eigenvalue weighted by atomic mass is 19.1. The maximum absolute atomic E-state index is 13.6. The second kappa shape index (κ2) is 10.2. The fourth-order valence-corrected chi connectivity index (χ4v) is 4.77. The number of aromatic nitrogens is 6. The van der Waals surface area contributed by atoms with Gasteiger partial charge in [0.15, 0.2) is 5.82 Å². The quantitative estimate of drug-likeness (QED) is 0.299. The molecule has 0 aliphatic heterocycles. The normalized spacial score (nSPS) is 13.2. The molecule has 0 spiro atoms. The first-order chi connectivity index (χ1) is 17.9. The Morgan fingerprint density at radius 3 is 2.54 bits per heavy atom. The van der Waals surface area contributed by atoms with Crippen molar-refractivity contribution in [2.75, 3.05) is 6.61 Å². The molecule has 8 nitrogen and oxygen atoms in total. The van der Waals surface area contributed by atoms with E-state index in [9.17, 15) is 9.18 Å². The molecule has 192 valence electrons. The molecule has 1 aromatic carbocycles. The lowest BCUT2D eigenvalue weighted by molar-refractivity contribution is 0.0524. The molecule has 0 atom stereocenters. The van der Waals surface area contributed by atoms with Crippen LogP contribution in [0.1, 0.15) is 65.4 Å². The van der Waals surface area contributed by atoms with E-state index in [1.54, 1.807) is 30.7 Å². The van der Waals surface area contributed by atoms with Crippen LogP contribution in [-0.4, -0.2) is 42.1 Å². The van der Waals surface area contributed by atoms with Crippen LogP contribution in [-0.2, 0) is 24.1 Å².